The van der Waals surface area contributed by atoms with Gasteiger partial charge in [-0.05, 0) is 43.9 Å². The number of rotatable bonds is 4. The molecule has 1 aliphatic carbocycles. The Morgan fingerprint density at radius 3 is 2.58 bits per heavy atom. The molecule has 3 rings (SSSR count). The molecule has 1 saturated heterocycles. The van der Waals surface area contributed by atoms with Crippen molar-refractivity contribution < 1.29 is 14.6 Å². The second-order valence-electron chi connectivity index (χ2n) is 5.42. The van der Waals surface area contributed by atoms with Gasteiger partial charge in [0.1, 0.15) is 11.9 Å². The number of carbonyl (C=O) groups is 1. The van der Waals surface area contributed by atoms with Crippen molar-refractivity contribution in [2.45, 2.75) is 37.8 Å². The SMILES string of the molecule is O=C(O)c1cccc(OC2CCN(C3CC3)CC2)c1. The van der Waals surface area contributed by atoms with Gasteiger partial charge in [0.2, 0.25) is 0 Å². The largest absolute Gasteiger partial charge is 0.490 e. The summed E-state index contributed by atoms with van der Waals surface area (Å²) in [6.07, 6.45) is 5.00. The lowest BCUT2D eigenvalue weighted by atomic mass is 10.1. The number of aromatic carboxylic acids is 1. The van der Waals surface area contributed by atoms with Crippen molar-refractivity contribution in [1.82, 2.24) is 4.90 Å². The molecule has 0 spiro atoms. The van der Waals surface area contributed by atoms with E-state index in [0.717, 1.165) is 32.0 Å². The Kier molecular flexibility index (Phi) is 3.42. The van der Waals surface area contributed by atoms with E-state index in [1.807, 2.05) is 6.07 Å². The fourth-order valence-electron chi connectivity index (χ4n) is 2.69. The molecule has 1 heterocycles. The van der Waals surface area contributed by atoms with E-state index in [4.69, 9.17) is 9.84 Å². The van der Waals surface area contributed by atoms with Crippen LogP contribution in [0.15, 0.2) is 24.3 Å². The number of carboxylic acid groups (broad SMARTS) is 1. The summed E-state index contributed by atoms with van der Waals surface area (Å²) in [6.45, 7) is 2.21. The van der Waals surface area contributed by atoms with Gasteiger partial charge in [0, 0.05) is 19.1 Å². The zero-order chi connectivity index (χ0) is 13.2. The van der Waals surface area contributed by atoms with Crippen molar-refractivity contribution in [3.8, 4) is 5.75 Å². The van der Waals surface area contributed by atoms with Gasteiger partial charge in [-0.15, -0.1) is 0 Å². The number of nitrogens with zero attached hydrogens (tertiary/aromatic N) is 1. The van der Waals surface area contributed by atoms with E-state index >= 15 is 0 Å². The van der Waals surface area contributed by atoms with Gasteiger partial charge in [-0.2, -0.15) is 0 Å². The van der Waals surface area contributed by atoms with Crippen molar-refractivity contribution in [2.75, 3.05) is 13.1 Å². The fraction of sp³-hybridized carbons (Fsp3) is 0.533. The van der Waals surface area contributed by atoms with Crippen LogP contribution < -0.4 is 4.74 Å². The maximum absolute atomic E-state index is 10.9. The maximum atomic E-state index is 10.9. The highest BCUT2D eigenvalue weighted by Gasteiger charge is 2.32. The van der Waals surface area contributed by atoms with Gasteiger partial charge in [0.05, 0.1) is 5.56 Å². The molecule has 0 aromatic heterocycles. The molecule has 0 amide bonds. The Hall–Kier alpha value is -1.55. The number of likely N-dealkylation sites (tertiary alicyclic amines) is 1. The molecule has 0 radical (unpaired) electrons. The summed E-state index contributed by atoms with van der Waals surface area (Å²) in [7, 11) is 0. The molecular weight excluding hydrogens is 242 g/mol. The molecule has 0 atom stereocenters. The highest BCUT2D eigenvalue weighted by Crippen LogP contribution is 2.30. The predicted molar refractivity (Wildman–Crippen MR) is 71.6 cm³/mol. The molecule has 0 bridgehead atoms. The first-order valence-electron chi connectivity index (χ1n) is 6.96. The van der Waals surface area contributed by atoms with Crippen LogP contribution in [0.25, 0.3) is 0 Å². The fourth-order valence-corrected chi connectivity index (χ4v) is 2.69. The average Bonchev–Trinajstić information content (AvgIpc) is 3.24. The monoisotopic (exact) mass is 261 g/mol. The van der Waals surface area contributed by atoms with E-state index in [0.29, 0.717) is 5.75 Å². The van der Waals surface area contributed by atoms with Crippen LogP contribution in [0.3, 0.4) is 0 Å². The van der Waals surface area contributed by atoms with Crippen LogP contribution in [0.1, 0.15) is 36.0 Å². The Balaban J connectivity index is 1.56. The summed E-state index contributed by atoms with van der Waals surface area (Å²) in [5.41, 5.74) is 0.285. The first-order valence-corrected chi connectivity index (χ1v) is 6.96. The zero-order valence-electron chi connectivity index (χ0n) is 10.9. The molecule has 1 N–H and O–H groups in total. The third-order valence-corrected chi connectivity index (χ3v) is 3.92. The molecule has 1 aromatic rings. The predicted octanol–water partition coefficient (Wildman–Crippen LogP) is 2.39. The number of carboxylic acids is 1. The minimum absolute atomic E-state index is 0.221. The van der Waals surface area contributed by atoms with Gasteiger partial charge in [0.25, 0.3) is 0 Å². The topological polar surface area (TPSA) is 49.8 Å². The van der Waals surface area contributed by atoms with E-state index in [9.17, 15) is 4.79 Å². The standard InChI is InChI=1S/C15H19NO3/c17-15(18)11-2-1-3-14(10-11)19-13-6-8-16(9-7-13)12-4-5-12/h1-3,10,12-13H,4-9H2,(H,17,18). The number of hydrogen-bond acceptors (Lipinski definition) is 3. The zero-order valence-corrected chi connectivity index (χ0v) is 10.9. The van der Waals surface area contributed by atoms with Crippen LogP contribution in [0.2, 0.25) is 0 Å². The number of piperidine rings is 1. The van der Waals surface area contributed by atoms with Gasteiger partial charge in [-0.3, -0.25) is 0 Å². The lowest BCUT2D eigenvalue weighted by Gasteiger charge is -2.32. The maximum Gasteiger partial charge on any atom is 0.335 e. The van der Waals surface area contributed by atoms with Gasteiger partial charge in [0.15, 0.2) is 0 Å². The smallest absolute Gasteiger partial charge is 0.335 e. The van der Waals surface area contributed by atoms with E-state index < -0.39 is 5.97 Å². The van der Waals surface area contributed by atoms with Crippen molar-refractivity contribution in [1.29, 1.82) is 0 Å². The summed E-state index contributed by atoms with van der Waals surface area (Å²) in [5, 5.41) is 8.96. The van der Waals surface area contributed by atoms with E-state index in [-0.39, 0.29) is 11.7 Å². The number of ether oxygens (including phenoxy) is 1. The van der Waals surface area contributed by atoms with E-state index in [1.165, 1.54) is 12.8 Å². The Labute approximate surface area is 113 Å². The molecular formula is C15H19NO3. The number of benzene rings is 1. The first-order chi connectivity index (χ1) is 9.22. The molecule has 2 aliphatic rings. The van der Waals surface area contributed by atoms with E-state index in [2.05, 4.69) is 4.90 Å². The molecule has 1 aliphatic heterocycles. The summed E-state index contributed by atoms with van der Waals surface area (Å²) in [4.78, 5) is 13.5. The van der Waals surface area contributed by atoms with Crippen LogP contribution in [-0.4, -0.2) is 41.2 Å². The van der Waals surface area contributed by atoms with Gasteiger partial charge < -0.3 is 14.7 Å². The van der Waals surface area contributed by atoms with Crippen molar-refractivity contribution in [3.05, 3.63) is 29.8 Å². The van der Waals surface area contributed by atoms with Crippen molar-refractivity contribution in [3.63, 3.8) is 0 Å². The first kappa shape index (κ1) is 12.5. The normalized spacial score (nSPS) is 21.3. The molecule has 4 nitrogen and oxygen atoms in total. The lowest BCUT2D eigenvalue weighted by molar-refractivity contribution is 0.0694. The quantitative estimate of drug-likeness (QED) is 0.904. The van der Waals surface area contributed by atoms with Crippen LogP contribution in [0, 0.1) is 0 Å². The summed E-state index contributed by atoms with van der Waals surface area (Å²) >= 11 is 0. The highest BCUT2D eigenvalue weighted by molar-refractivity contribution is 5.87. The summed E-state index contributed by atoms with van der Waals surface area (Å²) in [6, 6.07) is 7.59. The Morgan fingerprint density at radius 1 is 1.21 bits per heavy atom. The minimum atomic E-state index is -0.908. The molecule has 19 heavy (non-hydrogen) atoms. The lowest BCUT2D eigenvalue weighted by Crippen LogP contribution is -2.39. The second-order valence-corrected chi connectivity index (χ2v) is 5.42. The van der Waals surface area contributed by atoms with Gasteiger partial charge in [-0.25, -0.2) is 4.79 Å². The molecule has 4 heteroatoms. The van der Waals surface area contributed by atoms with E-state index in [1.54, 1.807) is 18.2 Å². The molecule has 0 unspecified atom stereocenters. The summed E-state index contributed by atoms with van der Waals surface area (Å²) < 4.78 is 5.90. The van der Waals surface area contributed by atoms with Gasteiger partial charge >= 0.3 is 5.97 Å². The van der Waals surface area contributed by atoms with Crippen LogP contribution in [0.4, 0.5) is 0 Å². The molecule has 1 aromatic carbocycles. The highest BCUT2D eigenvalue weighted by atomic mass is 16.5. The third kappa shape index (κ3) is 3.07. The second kappa shape index (κ2) is 5.21. The summed E-state index contributed by atoms with van der Waals surface area (Å²) in [5.74, 6) is -0.237. The van der Waals surface area contributed by atoms with Crippen molar-refractivity contribution >= 4 is 5.97 Å². The third-order valence-electron chi connectivity index (χ3n) is 3.92. The minimum Gasteiger partial charge on any atom is -0.490 e. The molecule has 102 valence electrons. The van der Waals surface area contributed by atoms with Crippen LogP contribution in [0.5, 0.6) is 5.75 Å². The average molecular weight is 261 g/mol. The molecule has 2 fully saturated rings. The van der Waals surface area contributed by atoms with Crippen LogP contribution >= 0.6 is 0 Å². The van der Waals surface area contributed by atoms with Gasteiger partial charge in [-0.1, -0.05) is 6.07 Å². The van der Waals surface area contributed by atoms with Crippen LogP contribution in [-0.2, 0) is 0 Å². The Bertz CT molecular complexity index is 462. The molecule has 1 saturated carbocycles. The Morgan fingerprint density at radius 2 is 1.95 bits per heavy atom. The number of hydrogen-bond donors (Lipinski definition) is 1. The van der Waals surface area contributed by atoms with Crippen molar-refractivity contribution in [2.24, 2.45) is 0 Å².